The van der Waals surface area contributed by atoms with Crippen molar-refractivity contribution in [2.45, 2.75) is 61.0 Å². The lowest BCUT2D eigenvalue weighted by Gasteiger charge is -2.49. The molecule has 0 spiro atoms. The number of fused-ring (bicyclic) bond motifs is 1. The van der Waals surface area contributed by atoms with Crippen LogP contribution in [-0.2, 0) is 25.5 Å². The number of benzene rings is 2. The highest BCUT2D eigenvalue weighted by Crippen LogP contribution is 2.45. The quantitative estimate of drug-likeness (QED) is 0.147. The number of carbonyl (C=O) groups is 3. The number of amides is 2. The summed E-state index contributed by atoms with van der Waals surface area (Å²) in [6.07, 6.45) is 2.05. The summed E-state index contributed by atoms with van der Waals surface area (Å²) in [6.45, 7) is 7.62. The maximum atomic E-state index is 13.4. The van der Waals surface area contributed by atoms with Crippen LogP contribution in [0.2, 0.25) is 0 Å². The van der Waals surface area contributed by atoms with E-state index in [1.165, 1.54) is 26.5 Å². The third kappa shape index (κ3) is 5.92. The van der Waals surface area contributed by atoms with Crippen LogP contribution >= 0.6 is 32.9 Å². The number of thiazole rings is 1. The molecule has 1 saturated carbocycles. The number of carbonyl (C=O) groups excluding carboxylic acids is 3. The molecule has 0 bridgehead atoms. The van der Waals surface area contributed by atoms with Crippen LogP contribution in [0.5, 0.6) is 0 Å². The van der Waals surface area contributed by atoms with Crippen LogP contribution in [0, 0.1) is 5.92 Å². The lowest BCUT2D eigenvalue weighted by atomic mass is 9.99. The first-order valence-electron chi connectivity index (χ1n) is 12.5. The van der Waals surface area contributed by atoms with Crippen LogP contribution in [0.1, 0.15) is 32.3 Å². The van der Waals surface area contributed by atoms with Crippen LogP contribution in [0.3, 0.4) is 0 Å². The van der Waals surface area contributed by atoms with E-state index in [4.69, 9.17) is 4.74 Å². The minimum absolute atomic E-state index is 0.165. The van der Waals surface area contributed by atoms with Crippen LogP contribution in [0.15, 0.2) is 71.1 Å². The van der Waals surface area contributed by atoms with E-state index in [1.807, 2.05) is 61.5 Å². The lowest BCUT2D eigenvalue weighted by Crippen LogP contribution is -2.73. The van der Waals surface area contributed by atoms with Gasteiger partial charge in [-0.15, -0.1) is 11.3 Å². The van der Waals surface area contributed by atoms with Gasteiger partial charge in [-0.25, -0.2) is 9.78 Å². The number of ether oxygens (including phenoxy) is 1. The minimum Gasteiger partial charge on any atom is -0.461 e. The van der Waals surface area contributed by atoms with E-state index in [-0.39, 0.29) is 24.3 Å². The second-order valence-electron chi connectivity index (χ2n) is 9.70. The summed E-state index contributed by atoms with van der Waals surface area (Å²) in [5.74, 6) is -0.670. The van der Waals surface area contributed by atoms with E-state index in [0.717, 1.165) is 33.0 Å². The Morgan fingerprint density at radius 2 is 1.89 bits per heavy atom. The average molecular weight is 568 g/mol. The van der Waals surface area contributed by atoms with Gasteiger partial charge >= 0.3 is 5.97 Å². The van der Waals surface area contributed by atoms with E-state index in [0.29, 0.717) is 11.5 Å². The summed E-state index contributed by atoms with van der Waals surface area (Å²) in [7, 11) is 2.84. The molecule has 10 heteroatoms. The molecule has 2 aromatic carbocycles. The third-order valence-electron chi connectivity index (χ3n) is 6.65. The molecule has 1 N–H and O–H groups in total. The number of rotatable bonds is 11. The van der Waals surface area contributed by atoms with Gasteiger partial charge in [0.05, 0.1) is 16.6 Å². The summed E-state index contributed by atoms with van der Waals surface area (Å²) >= 11 is 1.56. The van der Waals surface area contributed by atoms with Gasteiger partial charge in [-0.1, -0.05) is 59.8 Å². The second kappa shape index (κ2) is 11.5. The van der Waals surface area contributed by atoms with Gasteiger partial charge in [0.25, 0.3) is 0 Å². The fourth-order valence-electron chi connectivity index (χ4n) is 4.44. The molecule has 5 rings (SSSR count). The van der Waals surface area contributed by atoms with Crippen molar-refractivity contribution in [3.05, 3.63) is 72.3 Å². The molecule has 2 fully saturated rings. The van der Waals surface area contributed by atoms with Crippen LogP contribution in [-0.4, -0.2) is 51.2 Å². The smallest absolute Gasteiger partial charge is 0.333 e. The first kappa shape index (κ1) is 26.8. The molecule has 7 nitrogen and oxygen atoms in total. The van der Waals surface area contributed by atoms with Gasteiger partial charge in [-0.05, 0) is 66.7 Å². The Bertz CT molecular complexity index is 1320. The summed E-state index contributed by atoms with van der Waals surface area (Å²) < 4.78 is 7.65. The minimum atomic E-state index is -0.917. The number of β-lactam (4-membered cyclic amide) rings is 1. The Morgan fingerprint density at radius 1 is 1.18 bits per heavy atom. The van der Waals surface area contributed by atoms with E-state index in [2.05, 4.69) is 16.9 Å². The van der Waals surface area contributed by atoms with Gasteiger partial charge in [0.2, 0.25) is 11.8 Å². The Morgan fingerprint density at radius 3 is 2.58 bits per heavy atom. The first-order valence-corrected chi connectivity index (χ1v) is 15.5. The van der Waals surface area contributed by atoms with Crippen molar-refractivity contribution < 1.29 is 19.1 Å². The van der Waals surface area contributed by atoms with Gasteiger partial charge in [0.15, 0.2) is 10.4 Å². The average Bonchev–Trinajstić information content (AvgIpc) is 3.67. The van der Waals surface area contributed by atoms with Gasteiger partial charge in [0.1, 0.15) is 17.5 Å². The molecule has 1 aliphatic carbocycles. The topological polar surface area (TPSA) is 88.6 Å². The number of aromatic nitrogens is 1. The molecule has 2 amide bonds. The highest BCUT2D eigenvalue weighted by molar-refractivity contribution is 8.77. The maximum Gasteiger partial charge on any atom is 0.333 e. The standard InChI is InChI=1S/C28H29N3O4S3/c1-16(2)24(27(34)35-17(3)19-13-14-19)31-25(33)23(30-22(32)15-18-9-5-4-6-10-18)26(31)37-38-28-29-20-11-7-8-12-21(20)36-28/h4-12,17,19,23-24,26H,1,13-15H2,2-3H3,(H,30,32). The normalized spacial score (nSPS) is 20.5. The Hall–Kier alpha value is -2.82. The van der Waals surface area contributed by atoms with Gasteiger partial charge < -0.3 is 15.0 Å². The second-order valence-corrected chi connectivity index (χ2v) is 13.3. The van der Waals surface area contributed by atoms with Crippen molar-refractivity contribution in [2.24, 2.45) is 5.92 Å². The van der Waals surface area contributed by atoms with Crippen molar-refractivity contribution in [3.8, 4) is 0 Å². The van der Waals surface area contributed by atoms with Gasteiger partial charge in [0, 0.05) is 0 Å². The Kier molecular flexibility index (Phi) is 8.11. The van der Waals surface area contributed by atoms with E-state index in [1.54, 1.807) is 18.3 Å². The number of likely N-dealkylation sites (tertiary alicyclic amines) is 1. The molecule has 1 aromatic heterocycles. The fraction of sp³-hybridized carbons (Fsp3) is 0.357. The Balaban J connectivity index is 1.34. The number of hydrogen-bond donors (Lipinski definition) is 1. The zero-order chi connectivity index (χ0) is 26.8. The molecule has 4 atom stereocenters. The van der Waals surface area contributed by atoms with Crippen LogP contribution in [0.4, 0.5) is 0 Å². The molecule has 1 aliphatic heterocycles. The summed E-state index contributed by atoms with van der Waals surface area (Å²) in [5, 5.41) is 2.40. The maximum absolute atomic E-state index is 13.4. The zero-order valence-corrected chi connectivity index (χ0v) is 23.6. The molecule has 38 heavy (non-hydrogen) atoms. The fourth-order valence-corrected chi connectivity index (χ4v) is 8.40. The van der Waals surface area contributed by atoms with Crippen molar-refractivity contribution in [3.63, 3.8) is 0 Å². The number of nitrogens with one attached hydrogen (secondary N) is 1. The highest BCUT2D eigenvalue weighted by Gasteiger charge is 2.54. The molecule has 4 unspecified atom stereocenters. The predicted molar refractivity (Wildman–Crippen MR) is 153 cm³/mol. The number of esters is 1. The van der Waals surface area contributed by atoms with Crippen molar-refractivity contribution in [1.29, 1.82) is 0 Å². The predicted octanol–water partition coefficient (Wildman–Crippen LogP) is 5.22. The summed E-state index contributed by atoms with van der Waals surface area (Å²) in [5.41, 5.74) is 2.29. The van der Waals surface area contributed by atoms with Crippen LogP contribution < -0.4 is 5.32 Å². The van der Waals surface area contributed by atoms with E-state index < -0.39 is 23.4 Å². The lowest BCUT2D eigenvalue weighted by molar-refractivity contribution is -0.166. The number of nitrogens with zero attached hydrogens (tertiary/aromatic N) is 2. The number of hydrogen-bond acceptors (Lipinski definition) is 8. The van der Waals surface area contributed by atoms with Crippen molar-refractivity contribution in [2.75, 3.05) is 0 Å². The molecule has 3 aromatic rings. The first-order chi connectivity index (χ1) is 18.3. The van der Waals surface area contributed by atoms with Crippen LogP contribution in [0.25, 0.3) is 10.2 Å². The number of para-hydroxylation sites is 1. The highest BCUT2D eigenvalue weighted by atomic mass is 33.1. The zero-order valence-electron chi connectivity index (χ0n) is 21.2. The third-order valence-corrected chi connectivity index (χ3v) is 10.7. The largest absolute Gasteiger partial charge is 0.461 e. The van der Waals surface area contributed by atoms with Gasteiger partial charge in [-0.3, -0.25) is 9.59 Å². The molecule has 2 aliphatic rings. The van der Waals surface area contributed by atoms with Gasteiger partial charge in [-0.2, -0.15) is 0 Å². The molecular formula is C28H29N3O4S3. The van der Waals surface area contributed by atoms with Crippen molar-refractivity contribution in [1.82, 2.24) is 15.2 Å². The van der Waals surface area contributed by atoms with E-state index >= 15 is 0 Å². The molecule has 198 valence electrons. The molecule has 0 radical (unpaired) electrons. The molecule has 1 saturated heterocycles. The Labute approximate surface area is 233 Å². The molecular weight excluding hydrogens is 539 g/mol. The molecule has 2 heterocycles. The SMILES string of the molecule is C=C(C)C(C(=O)OC(C)C1CC1)N1C(=O)C(NC(=O)Cc2ccccc2)C1SSc1nc2ccccc2s1. The summed E-state index contributed by atoms with van der Waals surface area (Å²) in [4.78, 5) is 45.7. The summed E-state index contributed by atoms with van der Waals surface area (Å²) in [6, 6.07) is 15.6. The monoisotopic (exact) mass is 567 g/mol. The van der Waals surface area contributed by atoms with E-state index in [9.17, 15) is 14.4 Å². The van der Waals surface area contributed by atoms with Crippen molar-refractivity contribution >= 4 is 60.9 Å².